The maximum absolute atomic E-state index is 13.3. The third-order valence-corrected chi connectivity index (χ3v) is 11.5. The number of aromatic nitrogens is 4. The Morgan fingerprint density at radius 1 is 1.35 bits per heavy atom. The van der Waals surface area contributed by atoms with Gasteiger partial charge in [0.05, 0.1) is 16.6 Å². The van der Waals surface area contributed by atoms with Crippen molar-refractivity contribution in [2.75, 3.05) is 5.75 Å². The third-order valence-electron chi connectivity index (χ3n) is 6.63. The lowest BCUT2D eigenvalue weighted by molar-refractivity contribution is 0.150. The molecule has 0 amide bonds. The van der Waals surface area contributed by atoms with Gasteiger partial charge in [-0.1, -0.05) is 11.3 Å². The molecule has 0 spiro atoms. The van der Waals surface area contributed by atoms with Crippen molar-refractivity contribution in [3.8, 4) is 10.8 Å². The van der Waals surface area contributed by atoms with E-state index in [0.29, 0.717) is 35.3 Å². The molecule has 1 saturated carbocycles. The zero-order chi connectivity index (χ0) is 24.5. The summed E-state index contributed by atoms with van der Waals surface area (Å²) < 4.78 is 77.5. The van der Waals surface area contributed by atoms with Crippen LogP contribution in [0.3, 0.4) is 0 Å². The van der Waals surface area contributed by atoms with Crippen LogP contribution in [0.5, 0.6) is 0 Å². The van der Waals surface area contributed by atoms with E-state index in [4.69, 9.17) is 4.78 Å². The Hall–Kier alpha value is -2.03. The summed E-state index contributed by atoms with van der Waals surface area (Å²) in [4.78, 5) is 4.40. The standard InChI is InChI=1S/C20H24F2N6O3S3/c1-11-7-12(3-6-33(11,23)29)14-8-13(34(30,31)27-20(2)4-5-20)10-28-15(14)9-24-17(28)19-26-25-18(32-19)16(21)22/h8-12,16,23,27H,3-7H2,1-2H3/t11-,12?,33?/m0/s1. The molecule has 4 heterocycles. The predicted octanol–water partition coefficient (Wildman–Crippen LogP) is 3.93. The van der Waals surface area contributed by atoms with Crippen LogP contribution >= 0.6 is 11.3 Å². The number of nitrogens with one attached hydrogen (secondary N) is 2. The van der Waals surface area contributed by atoms with Crippen LogP contribution in [0.4, 0.5) is 8.78 Å². The lowest BCUT2D eigenvalue weighted by atomic mass is 9.91. The number of alkyl halides is 2. The minimum atomic E-state index is -3.87. The molecule has 2 N–H and O–H groups in total. The number of nitrogens with zero attached hydrogens (tertiary/aromatic N) is 4. The summed E-state index contributed by atoms with van der Waals surface area (Å²) in [7, 11) is -6.57. The van der Waals surface area contributed by atoms with Crippen molar-refractivity contribution in [1.82, 2.24) is 24.3 Å². The first kappa shape index (κ1) is 23.7. The fourth-order valence-electron chi connectivity index (χ4n) is 4.29. The van der Waals surface area contributed by atoms with Gasteiger partial charge in [0.15, 0.2) is 15.8 Å². The summed E-state index contributed by atoms with van der Waals surface area (Å²) in [6, 6.07) is 1.62. The molecule has 3 atom stereocenters. The maximum atomic E-state index is 13.3. The Balaban J connectivity index is 1.66. The third kappa shape index (κ3) is 4.25. The molecular weight excluding hydrogens is 506 g/mol. The smallest absolute Gasteiger partial charge is 0.291 e. The van der Waals surface area contributed by atoms with Crippen LogP contribution in [0.1, 0.15) is 62.4 Å². The molecule has 9 nitrogen and oxygen atoms in total. The molecule has 184 valence electrons. The molecule has 3 aromatic rings. The van der Waals surface area contributed by atoms with Crippen LogP contribution in [-0.2, 0) is 19.8 Å². The summed E-state index contributed by atoms with van der Waals surface area (Å²) in [5, 5.41) is 6.75. The number of hydrogen-bond donors (Lipinski definition) is 2. The molecule has 0 bridgehead atoms. The molecule has 2 aliphatic rings. The van der Waals surface area contributed by atoms with Gasteiger partial charge in [0.25, 0.3) is 6.43 Å². The summed E-state index contributed by atoms with van der Waals surface area (Å²) in [6.07, 6.45) is 2.67. The molecular formula is C20H24F2N6O3S3. The minimum Gasteiger partial charge on any atom is -0.296 e. The highest BCUT2D eigenvalue weighted by molar-refractivity contribution is 7.93. The Kier molecular flexibility index (Phi) is 5.58. The Bertz CT molecular complexity index is 1480. The van der Waals surface area contributed by atoms with Crippen LogP contribution in [0, 0.1) is 4.78 Å². The number of sulfonamides is 1. The summed E-state index contributed by atoms with van der Waals surface area (Å²) in [5.74, 6) is 0.330. The van der Waals surface area contributed by atoms with Crippen LogP contribution in [-0.4, -0.2) is 48.8 Å². The van der Waals surface area contributed by atoms with E-state index in [9.17, 15) is 21.4 Å². The molecule has 1 aliphatic carbocycles. The van der Waals surface area contributed by atoms with Crippen molar-refractivity contribution < 1.29 is 21.4 Å². The van der Waals surface area contributed by atoms with Gasteiger partial charge >= 0.3 is 0 Å². The van der Waals surface area contributed by atoms with E-state index in [1.54, 1.807) is 23.6 Å². The van der Waals surface area contributed by atoms with Gasteiger partial charge in [0.1, 0.15) is 0 Å². The zero-order valence-corrected chi connectivity index (χ0v) is 20.9. The lowest BCUT2D eigenvalue weighted by Crippen LogP contribution is -2.34. The van der Waals surface area contributed by atoms with E-state index in [0.717, 1.165) is 12.8 Å². The molecule has 34 heavy (non-hydrogen) atoms. The fourth-order valence-corrected chi connectivity index (χ4v) is 8.06. The van der Waals surface area contributed by atoms with Gasteiger partial charge in [-0.3, -0.25) is 9.18 Å². The number of rotatable bonds is 6. The van der Waals surface area contributed by atoms with Crippen molar-refractivity contribution >= 4 is 36.6 Å². The molecule has 3 aromatic heterocycles. The second kappa shape index (κ2) is 8.00. The summed E-state index contributed by atoms with van der Waals surface area (Å²) in [5.41, 5.74) is 0.853. The van der Waals surface area contributed by atoms with Gasteiger partial charge in [0, 0.05) is 32.5 Å². The van der Waals surface area contributed by atoms with Gasteiger partial charge in [-0.25, -0.2) is 31.1 Å². The van der Waals surface area contributed by atoms with Crippen LogP contribution in [0.2, 0.25) is 0 Å². The van der Waals surface area contributed by atoms with Crippen molar-refractivity contribution in [1.29, 1.82) is 4.78 Å². The van der Waals surface area contributed by atoms with E-state index >= 15 is 0 Å². The van der Waals surface area contributed by atoms with Crippen LogP contribution < -0.4 is 4.72 Å². The number of hydrogen-bond acceptors (Lipinski definition) is 8. The van der Waals surface area contributed by atoms with Crippen molar-refractivity contribution in [3.63, 3.8) is 0 Å². The number of halogens is 2. The second-order valence-corrected chi connectivity index (χ2v) is 14.7. The van der Waals surface area contributed by atoms with Gasteiger partial charge in [0.2, 0.25) is 10.0 Å². The van der Waals surface area contributed by atoms with Crippen molar-refractivity contribution in [2.45, 2.75) is 67.6 Å². The SMILES string of the molecule is C[C@H]1CC(c2cc(S(=O)(=O)NC3(C)CC3)cn3c(-c4nnc(C(F)F)s4)ncc23)CCS1(=N)=O. The van der Waals surface area contributed by atoms with Crippen molar-refractivity contribution in [2.24, 2.45) is 0 Å². The van der Waals surface area contributed by atoms with Crippen LogP contribution in [0.15, 0.2) is 23.4 Å². The lowest BCUT2D eigenvalue weighted by Gasteiger charge is -2.30. The monoisotopic (exact) mass is 530 g/mol. The summed E-state index contributed by atoms with van der Waals surface area (Å²) >= 11 is 0.705. The highest BCUT2D eigenvalue weighted by Crippen LogP contribution is 2.40. The highest BCUT2D eigenvalue weighted by Gasteiger charge is 2.42. The highest BCUT2D eigenvalue weighted by atomic mass is 32.2. The zero-order valence-electron chi connectivity index (χ0n) is 18.5. The van der Waals surface area contributed by atoms with Crippen molar-refractivity contribution in [3.05, 3.63) is 29.0 Å². The van der Waals surface area contributed by atoms with E-state index in [2.05, 4.69) is 19.9 Å². The molecule has 1 saturated heterocycles. The Morgan fingerprint density at radius 3 is 2.71 bits per heavy atom. The first-order valence-electron chi connectivity index (χ1n) is 10.8. The van der Waals surface area contributed by atoms with Crippen LogP contribution in [0.25, 0.3) is 16.3 Å². The van der Waals surface area contributed by atoms with E-state index in [1.165, 1.54) is 6.20 Å². The van der Waals surface area contributed by atoms with E-state index in [-0.39, 0.29) is 32.6 Å². The molecule has 5 rings (SSSR count). The van der Waals surface area contributed by atoms with E-state index in [1.807, 2.05) is 6.92 Å². The Labute approximate surface area is 200 Å². The largest absolute Gasteiger partial charge is 0.296 e. The second-order valence-electron chi connectivity index (χ2n) is 9.34. The quantitative estimate of drug-likeness (QED) is 0.497. The normalized spacial score (nSPS) is 26.9. The molecule has 2 unspecified atom stereocenters. The number of pyridine rings is 1. The number of imidazole rings is 1. The first-order valence-corrected chi connectivity index (χ1v) is 14.9. The molecule has 2 fully saturated rings. The first-order chi connectivity index (χ1) is 15.9. The topological polar surface area (TPSA) is 130 Å². The molecule has 0 aromatic carbocycles. The summed E-state index contributed by atoms with van der Waals surface area (Å²) in [6.45, 7) is 3.62. The number of fused-ring (bicyclic) bond motifs is 1. The van der Waals surface area contributed by atoms with Gasteiger partial charge in [-0.2, -0.15) is 0 Å². The molecule has 0 radical (unpaired) electrons. The fraction of sp³-hybridized carbons (Fsp3) is 0.550. The van der Waals surface area contributed by atoms with E-state index < -0.39 is 36.7 Å². The average Bonchev–Trinajstić information content (AvgIpc) is 3.16. The minimum absolute atomic E-state index is 0.0332. The van der Waals surface area contributed by atoms with Gasteiger partial charge < -0.3 is 0 Å². The van der Waals surface area contributed by atoms with Gasteiger partial charge in [-0.15, -0.1) is 10.2 Å². The molecule has 14 heteroatoms. The average molecular weight is 531 g/mol. The Morgan fingerprint density at radius 2 is 2.09 bits per heavy atom. The van der Waals surface area contributed by atoms with Gasteiger partial charge in [-0.05, 0) is 57.1 Å². The maximum Gasteiger partial charge on any atom is 0.291 e. The predicted molar refractivity (Wildman–Crippen MR) is 124 cm³/mol. The molecule has 1 aliphatic heterocycles.